The molecular weight excluding hydrogens is 242 g/mol. The molecule has 0 fully saturated rings. The van der Waals surface area contributed by atoms with Crippen LogP contribution in [0.5, 0.6) is 11.5 Å². The third-order valence-electron chi connectivity index (χ3n) is 2.47. The van der Waals surface area contributed by atoms with Crippen LogP contribution in [0.25, 0.3) is 0 Å². The van der Waals surface area contributed by atoms with Crippen LogP contribution in [-0.2, 0) is 0 Å². The van der Waals surface area contributed by atoms with Gasteiger partial charge >= 0.3 is 0 Å². The predicted octanol–water partition coefficient (Wildman–Crippen LogP) is 4.25. The summed E-state index contributed by atoms with van der Waals surface area (Å²) in [6.07, 6.45) is 2.11. The van der Waals surface area contributed by atoms with Gasteiger partial charge in [-0.25, -0.2) is 0 Å². The van der Waals surface area contributed by atoms with Crippen molar-refractivity contribution in [1.29, 1.82) is 0 Å². The molecule has 0 aliphatic rings. The standard InChI is InChI=1S/C15H17NOS/c1-18-12-11-16-13-7-9-15(10-8-13)17-14-5-3-2-4-6-14/h2-10,16H,11-12H2,1H3. The van der Waals surface area contributed by atoms with Gasteiger partial charge in [0.2, 0.25) is 0 Å². The Morgan fingerprint density at radius 2 is 1.61 bits per heavy atom. The summed E-state index contributed by atoms with van der Waals surface area (Å²) in [5, 5.41) is 3.36. The van der Waals surface area contributed by atoms with Gasteiger partial charge in [0.1, 0.15) is 11.5 Å². The minimum atomic E-state index is 0.858. The highest BCUT2D eigenvalue weighted by Gasteiger charge is 1.96. The first-order valence-electron chi connectivity index (χ1n) is 5.94. The molecule has 0 aliphatic heterocycles. The summed E-state index contributed by atoms with van der Waals surface area (Å²) in [4.78, 5) is 0. The molecule has 2 aromatic carbocycles. The third-order valence-corrected chi connectivity index (χ3v) is 3.08. The summed E-state index contributed by atoms with van der Waals surface area (Å²) in [5.74, 6) is 2.83. The highest BCUT2D eigenvalue weighted by atomic mass is 32.2. The molecule has 0 spiro atoms. The summed E-state index contributed by atoms with van der Waals surface area (Å²) < 4.78 is 5.73. The fourth-order valence-electron chi connectivity index (χ4n) is 1.56. The fourth-order valence-corrected chi connectivity index (χ4v) is 1.87. The van der Waals surface area contributed by atoms with E-state index in [9.17, 15) is 0 Å². The van der Waals surface area contributed by atoms with Crippen molar-refractivity contribution in [3.8, 4) is 11.5 Å². The highest BCUT2D eigenvalue weighted by molar-refractivity contribution is 7.98. The molecule has 0 bridgehead atoms. The molecule has 2 rings (SSSR count). The Balaban J connectivity index is 1.91. The van der Waals surface area contributed by atoms with Crippen LogP contribution in [0.1, 0.15) is 0 Å². The first-order valence-corrected chi connectivity index (χ1v) is 7.33. The van der Waals surface area contributed by atoms with Gasteiger partial charge in [0.15, 0.2) is 0 Å². The van der Waals surface area contributed by atoms with Crippen molar-refractivity contribution < 1.29 is 4.74 Å². The molecule has 0 radical (unpaired) electrons. The zero-order valence-corrected chi connectivity index (χ0v) is 11.2. The molecule has 2 aromatic rings. The number of anilines is 1. The van der Waals surface area contributed by atoms with E-state index in [4.69, 9.17) is 4.74 Å². The summed E-state index contributed by atoms with van der Waals surface area (Å²) in [6, 6.07) is 17.8. The zero-order valence-electron chi connectivity index (χ0n) is 10.4. The average Bonchev–Trinajstić information content (AvgIpc) is 2.42. The molecule has 94 valence electrons. The maximum absolute atomic E-state index is 5.73. The maximum Gasteiger partial charge on any atom is 0.127 e. The number of ether oxygens (including phenoxy) is 1. The molecule has 0 saturated carbocycles. The van der Waals surface area contributed by atoms with E-state index in [0.29, 0.717) is 0 Å². The minimum absolute atomic E-state index is 0.858. The molecule has 1 N–H and O–H groups in total. The first kappa shape index (κ1) is 12.8. The monoisotopic (exact) mass is 259 g/mol. The fraction of sp³-hybridized carbons (Fsp3) is 0.200. The average molecular weight is 259 g/mol. The highest BCUT2D eigenvalue weighted by Crippen LogP contribution is 2.22. The molecule has 0 aliphatic carbocycles. The largest absolute Gasteiger partial charge is 0.457 e. The third kappa shape index (κ3) is 4.00. The Morgan fingerprint density at radius 1 is 0.944 bits per heavy atom. The molecule has 0 aromatic heterocycles. The van der Waals surface area contributed by atoms with E-state index in [-0.39, 0.29) is 0 Å². The maximum atomic E-state index is 5.73. The lowest BCUT2D eigenvalue weighted by Gasteiger charge is -2.08. The molecule has 0 amide bonds. The second-order valence-electron chi connectivity index (χ2n) is 3.86. The summed E-state index contributed by atoms with van der Waals surface area (Å²) >= 11 is 1.84. The summed E-state index contributed by atoms with van der Waals surface area (Å²) in [5.41, 5.74) is 1.13. The smallest absolute Gasteiger partial charge is 0.127 e. The van der Waals surface area contributed by atoms with Crippen LogP contribution in [0.15, 0.2) is 54.6 Å². The lowest BCUT2D eigenvalue weighted by atomic mass is 10.3. The minimum Gasteiger partial charge on any atom is -0.457 e. The predicted molar refractivity (Wildman–Crippen MR) is 79.8 cm³/mol. The molecule has 18 heavy (non-hydrogen) atoms. The molecule has 2 nitrogen and oxygen atoms in total. The van der Waals surface area contributed by atoms with Crippen molar-refractivity contribution in [3.63, 3.8) is 0 Å². The number of rotatable bonds is 6. The number of benzene rings is 2. The normalized spacial score (nSPS) is 10.1. The SMILES string of the molecule is CSCCNc1ccc(Oc2ccccc2)cc1. The van der Waals surface area contributed by atoms with Crippen LogP contribution in [0.3, 0.4) is 0 Å². The number of thioether (sulfide) groups is 1. The van der Waals surface area contributed by atoms with E-state index >= 15 is 0 Å². The van der Waals surface area contributed by atoms with Gasteiger partial charge in [0.05, 0.1) is 0 Å². The van der Waals surface area contributed by atoms with Crippen LogP contribution in [0.2, 0.25) is 0 Å². The Kier molecular flexibility index (Phi) is 4.97. The van der Waals surface area contributed by atoms with E-state index in [1.165, 1.54) is 0 Å². The first-order chi connectivity index (χ1) is 8.88. The van der Waals surface area contributed by atoms with Gasteiger partial charge in [-0.3, -0.25) is 0 Å². The molecule has 0 heterocycles. The Hall–Kier alpha value is -1.61. The summed E-state index contributed by atoms with van der Waals surface area (Å²) in [6.45, 7) is 0.986. The van der Waals surface area contributed by atoms with Gasteiger partial charge < -0.3 is 10.1 Å². The van der Waals surface area contributed by atoms with Crippen molar-refractivity contribution in [2.75, 3.05) is 23.9 Å². The van der Waals surface area contributed by atoms with Gasteiger partial charge in [0, 0.05) is 18.0 Å². The van der Waals surface area contributed by atoms with E-state index in [1.807, 2.05) is 66.4 Å². The van der Waals surface area contributed by atoms with Crippen LogP contribution in [-0.4, -0.2) is 18.6 Å². The van der Waals surface area contributed by atoms with Crippen LogP contribution in [0.4, 0.5) is 5.69 Å². The van der Waals surface area contributed by atoms with Gasteiger partial charge in [-0.15, -0.1) is 0 Å². The van der Waals surface area contributed by atoms with E-state index < -0.39 is 0 Å². The number of nitrogens with one attached hydrogen (secondary N) is 1. The number of para-hydroxylation sites is 1. The van der Waals surface area contributed by atoms with Crippen LogP contribution >= 0.6 is 11.8 Å². The Bertz CT molecular complexity index is 456. The number of hydrogen-bond acceptors (Lipinski definition) is 3. The van der Waals surface area contributed by atoms with Crippen molar-refractivity contribution in [1.82, 2.24) is 0 Å². The van der Waals surface area contributed by atoms with Crippen molar-refractivity contribution >= 4 is 17.4 Å². The van der Waals surface area contributed by atoms with E-state index in [2.05, 4.69) is 11.6 Å². The van der Waals surface area contributed by atoms with Crippen molar-refractivity contribution in [3.05, 3.63) is 54.6 Å². The van der Waals surface area contributed by atoms with Gasteiger partial charge in [-0.1, -0.05) is 18.2 Å². The Morgan fingerprint density at radius 3 is 2.28 bits per heavy atom. The molecule has 0 atom stereocenters. The van der Waals surface area contributed by atoms with Crippen LogP contribution in [0, 0.1) is 0 Å². The van der Waals surface area contributed by atoms with E-state index in [1.54, 1.807) is 0 Å². The van der Waals surface area contributed by atoms with Crippen LogP contribution < -0.4 is 10.1 Å². The molecule has 0 saturated heterocycles. The van der Waals surface area contributed by atoms with E-state index in [0.717, 1.165) is 29.5 Å². The zero-order chi connectivity index (χ0) is 12.6. The lowest BCUT2D eigenvalue weighted by Crippen LogP contribution is -2.03. The quantitative estimate of drug-likeness (QED) is 0.783. The molecule has 3 heteroatoms. The van der Waals surface area contributed by atoms with Gasteiger partial charge in [0.25, 0.3) is 0 Å². The molecular formula is C15H17NOS. The van der Waals surface area contributed by atoms with Gasteiger partial charge in [-0.2, -0.15) is 11.8 Å². The van der Waals surface area contributed by atoms with Crippen molar-refractivity contribution in [2.45, 2.75) is 0 Å². The summed E-state index contributed by atoms with van der Waals surface area (Å²) in [7, 11) is 0. The number of hydrogen-bond donors (Lipinski definition) is 1. The topological polar surface area (TPSA) is 21.3 Å². The molecule has 0 unspecified atom stereocenters. The Labute approximate surface area is 112 Å². The second-order valence-corrected chi connectivity index (χ2v) is 4.84. The lowest BCUT2D eigenvalue weighted by molar-refractivity contribution is 0.483. The van der Waals surface area contributed by atoms with Gasteiger partial charge in [-0.05, 0) is 42.7 Å². The van der Waals surface area contributed by atoms with Crippen molar-refractivity contribution in [2.24, 2.45) is 0 Å². The second kappa shape index (κ2) is 6.97.